The maximum absolute atomic E-state index is 12.2. The number of nitrogens with one attached hydrogen (secondary N) is 2. The molecule has 0 amide bonds. The van der Waals surface area contributed by atoms with Crippen molar-refractivity contribution in [2.75, 3.05) is 20.3 Å². The molecule has 1 aliphatic rings. The molecule has 20 heavy (non-hydrogen) atoms. The third-order valence-corrected chi connectivity index (χ3v) is 4.08. The maximum Gasteiger partial charge on any atom is 0.317 e. The summed E-state index contributed by atoms with van der Waals surface area (Å²) >= 11 is 6.69. The molecule has 1 saturated heterocycles. The van der Waals surface area contributed by atoms with Crippen molar-refractivity contribution in [1.82, 2.24) is 10.6 Å². The number of thiophene rings is 1. The van der Waals surface area contributed by atoms with Gasteiger partial charge >= 0.3 is 5.97 Å². The van der Waals surface area contributed by atoms with E-state index in [2.05, 4.69) is 17.2 Å². The van der Waals surface area contributed by atoms with Gasteiger partial charge in [0, 0.05) is 17.7 Å². The number of ether oxygens (including phenoxy) is 2. The molecule has 0 spiro atoms. The van der Waals surface area contributed by atoms with Crippen LogP contribution in [0.5, 0.6) is 0 Å². The number of carbonyl (C=O) groups excluding carboxylic acids is 1. The first kappa shape index (κ1) is 15.0. The van der Waals surface area contributed by atoms with E-state index < -0.39 is 5.92 Å². The fourth-order valence-corrected chi connectivity index (χ4v) is 3.05. The SMILES string of the molecule is C=C1NC(=S)N[C@H](c2cccs2)[C@@H]1C(=O)OCCOC. The van der Waals surface area contributed by atoms with Crippen LogP contribution in [0, 0.1) is 5.92 Å². The molecule has 0 radical (unpaired) electrons. The van der Waals surface area contributed by atoms with E-state index in [0.717, 1.165) is 4.88 Å². The van der Waals surface area contributed by atoms with E-state index in [1.54, 1.807) is 18.4 Å². The van der Waals surface area contributed by atoms with Gasteiger partial charge in [-0.3, -0.25) is 4.79 Å². The summed E-state index contributed by atoms with van der Waals surface area (Å²) in [5, 5.41) is 8.42. The largest absolute Gasteiger partial charge is 0.463 e. The zero-order chi connectivity index (χ0) is 14.5. The highest BCUT2D eigenvalue weighted by Gasteiger charge is 2.38. The highest BCUT2D eigenvalue weighted by molar-refractivity contribution is 7.80. The first-order chi connectivity index (χ1) is 9.63. The Bertz CT molecular complexity index is 502. The summed E-state index contributed by atoms with van der Waals surface area (Å²) < 4.78 is 10.1. The average Bonchev–Trinajstić information content (AvgIpc) is 2.91. The van der Waals surface area contributed by atoms with E-state index in [1.165, 1.54) is 0 Å². The molecule has 7 heteroatoms. The highest BCUT2D eigenvalue weighted by Crippen LogP contribution is 2.32. The number of carbonyl (C=O) groups is 1. The van der Waals surface area contributed by atoms with E-state index in [-0.39, 0.29) is 18.6 Å². The first-order valence-electron chi connectivity index (χ1n) is 6.08. The van der Waals surface area contributed by atoms with Gasteiger partial charge in [0.2, 0.25) is 0 Å². The number of esters is 1. The minimum absolute atomic E-state index is 0.223. The Balaban J connectivity index is 2.15. The first-order valence-corrected chi connectivity index (χ1v) is 7.37. The molecule has 2 rings (SSSR count). The van der Waals surface area contributed by atoms with Crippen LogP contribution in [-0.4, -0.2) is 31.4 Å². The van der Waals surface area contributed by atoms with Crippen molar-refractivity contribution in [3.63, 3.8) is 0 Å². The minimum atomic E-state index is -0.516. The normalized spacial score (nSPS) is 22.1. The zero-order valence-corrected chi connectivity index (χ0v) is 12.7. The van der Waals surface area contributed by atoms with Gasteiger partial charge in [0.15, 0.2) is 5.11 Å². The predicted octanol–water partition coefficient (Wildman–Crippen LogP) is 1.59. The van der Waals surface area contributed by atoms with E-state index in [0.29, 0.717) is 17.4 Å². The lowest BCUT2D eigenvalue weighted by Gasteiger charge is -2.34. The molecule has 1 aromatic rings. The van der Waals surface area contributed by atoms with Gasteiger partial charge in [0.25, 0.3) is 0 Å². The third-order valence-electron chi connectivity index (χ3n) is 2.90. The molecule has 0 bridgehead atoms. The predicted molar refractivity (Wildman–Crippen MR) is 81.4 cm³/mol. The van der Waals surface area contributed by atoms with Gasteiger partial charge in [-0.1, -0.05) is 12.6 Å². The Kier molecular flexibility index (Phi) is 5.11. The molecule has 2 N–H and O–H groups in total. The average molecular weight is 312 g/mol. The van der Waals surface area contributed by atoms with Crippen LogP contribution in [-0.2, 0) is 14.3 Å². The van der Waals surface area contributed by atoms with Gasteiger partial charge < -0.3 is 20.1 Å². The van der Waals surface area contributed by atoms with Crippen molar-refractivity contribution in [2.45, 2.75) is 6.04 Å². The second kappa shape index (κ2) is 6.83. The lowest BCUT2D eigenvalue weighted by molar-refractivity contribution is -0.149. The van der Waals surface area contributed by atoms with Crippen molar-refractivity contribution < 1.29 is 14.3 Å². The van der Waals surface area contributed by atoms with Gasteiger partial charge in [-0.2, -0.15) is 0 Å². The third kappa shape index (κ3) is 3.36. The molecule has 0 unspecified atom stereocenters. The lowest BCUT2D eigenvalue weighted by atomic mass is 9.93. The summed E-state index contributed by atoms with van der Waals surface area (Å²) in [4.78, 5) is 13.3. The van der Waals surface area contributed by atoms with E-state index >= 15 is 0 Å². The smallest absolute Gasteiger partial charge is 0.317 e. The molecule has 1 aliphatic heterocycles. The number of hydrogen-bond donors (Lipinski definition) is 2. The summed E-state index contributed by atoms with van der Waals surface area (Å²) in [6, 6.07) is 3.65. The maximum atomic E-state index is 12.2. The molecule has 1 fully saturated rings. The minimum Gasteiger partial charge on any atom is -0.463 e. The quantitative estimate of drug-likeness (QED) is 0.489. The van der Waals surface area contributed by atoms with Gasteiger partial charge in [0.1, 0.15) is 12.5 Å². The fraction of sp³-hybridized carbons (Fsp3) is 0.385. The summed E-state index contributed by atoms with van der Waals surface area (Å²) in [7, 11) is 1.56. The summed E-state index contributed by atoms with van der Waals surface area (Å²) in [5.74, 6) is -0.856. The summed E-state index contributed by atoms with van der Waals surface area (Å²) in [6.45, 7) is 4.48. The second-order valence-corrected chi connectivity index (χ2v) is 5.64. The molecule has 0 saturated carbocycles. The lowest BCUT2D eigenvalue weighted by Crippen LogP contribution is -2.50. The van der Waals surface area contributed by atoms with E-state index in [4.69, 9.17) is 21.7 Å². The van der Waals surface area contributed by atoms with Crippen LogP contribution in [0.15, 0.2) is 29.8 Å². The van der Waals surface area contributed by atoms with Gasteiger partial charge in [-0.05, 0) is 23.7 Å². The van der Waals surface area contributed by atoms with Crippen LogP contribution in [0.25, 0.3) is 0 Å². The van der Waals surface area contributed by atoms with Gasteiger partial charge in [0.05, 0.1) is 12.6 Å². The molecule has 5 nitrogen and oxygen atoms in total. The van der Waals surface area contributed by atoms with Crippen molar-refractivity contribution in [1.29, 1.82) is 0 Å². The molecule has 1 aromatic heterocycles. The second-order valence-electron chi connectivity index (χ2n) is 4.25. The van der Waals surface area contributed by atoms with Crippen molar-refractivity contribution >= 4 is 34.6 Å². The molecule has 0 aromatic carbocycles. The Morgan fingerprint density at radius 3 is 3.00 bits per heavy atom. The Labute approximate surface area is 127 Å². The standard InChI is InChI=1S/C13H16N2O3S2/c1-8-10(12(16)18-6-5-17-2)11(15-13(19)14-8)9-4-3-7-20-9/h3-4,7,10-11H,1,5-6H2,2H3,(H2,14,15,19)/t10-,11-/m1/s1. The number of hydrogen-bond acceptors (Lipinski definition) is 5. The van der Waals surface area contributed by atoms with Crippen LogP contribution in [0.4, 0.5) is 0 Å². The topological polar surface area (TPSA) is 59.6 Å². The Morgan fingerprint density at radius 2 is 2.35 bits per heavy atom. The van der Waals surface area contributed by atoms with E-state index in [9.17, 15) is 4.79 Å². The monoisotopic (exact) mass is 312 g/mol. The van der Waals surface area contributed by atoms with Gasteiger partial charge in [-0.15, -0.1) is 11.3 Å². The van der Waals surface area contributed by atoms with Crippen molar-refractivity contribution in [3.8, 4) is 0 Å². The molecule has 0 aliphatic carbocycles. The molecule has 2 heterocycles. The molecular formula is C13H16N2O3S2. The Hall–Kier alpha value is -1.44. The Morgan fingerprint density at radius 1 is 1.55 bits per heavy atom. The zero-order valence-electron chi connectivity index (χ0n) is 11.0. The summed E-state index contributed by atoms with van der Waals surface area (Å²) in [6.07, 6.45) is 0. The fourth-order valence-electron chi connectivity index (χ4n) is 1.98. The van der Waals surface area contributed by atoms with E-state index in [1.807, 2.05) is 17.5 Å². The number of rotatable bonds is 5. The van der Waals surface area contributed by atoms with Crippen LogP contribution in [0.2, 0.25) is 0 Å². The number of methoxy groups -OCH3 is 1. The summed E-state index contributed by atoms with van der Waals surface area (Å²) in [5.41, 5.74) is 0.551. The van der Waals surface area contributed by atoms with Crippen molar-refractivity contribution in [2.24, 2.45) is 5.92 Å². The van der Waals surface area contributed by atoms with Crippen LogP contribution < -0.4 is 10.6 Å². The van der Waals surface area contributed by atoms with Crippen LogP contribution >= 0.6 is 23.6 Å². The highest BCUT2D eigenvalue weighted by atomic mass is 32.1. The number of thiocarbonyl (C=S) groups is 1. The van der Waals surface area contributed by atoms with Crippen LogP contribution in [0.1, 0.15) is 10.9 Å². The molecule has 108 valence electrons. The van der Waals surface area contributed by atoms with Gasteiger partial charge in [-0.25, -0.2) is 0 Å². The molecular weight excluding hydrogens is 296 g/mol. The molecule has 2 atom stereocenters. The van der Waals surface area contributed by atoms with Crippen LogP contribution in [0.3, 0.4) is 0 Å². The van der Waals surface area contributed by atoms with Crippen molar-refractivity contribution in [3.05, 3.63) is 34.7 Å².